The summed E-state index contributed by atoms with van der Waals surface area (Å²) in [6.07, 6.45) is -0.596. The molecule has 9 nitrogen and oxygen atoms in total. The van der Waals surface area contributed by atoms with Gasteiger partial charge >= 0.3 is 22.2 Å². The van der Waals surface area contributed by atoms with Crippen molar-refractivity contribution in [3.8, 4) is 0 Å². The highest BCUT2D eigenvalue weighted by Crippen LogP contribution is 2.27. The fourth-order valence-electron chi connectivity index (χ4n) is 3.20. The minimum Gasteiger partial charge on any atom is -0.459 e. The molecule has 0 aliphatic carbocycles. The number of carbonyl (C=O) groups excluding carboxylic acids is 3. The fourth-order valence-corrected chi connectivity index (χ4v) is 4.16. The molecule has 2 aromatic rings. The normalized spacial score (nSPS) is 16.3. The van der Waals surface area contributed by atoms with E-state index >= 15 is 0 Å². The fraction of sp³-hybridized carbons (Fsp3) is 0.320. The lowest BCUT2D eigenvalue weighted by Crippen LogP contribution is -2.52. The highest BCUT2D eigenvalue weighted by Gasteiger charge is 2.42. The van der Waals surface area contributed by atoms with Crippen molar-refractivity contribution in [2.75, 3.05) is 0 Å². The Bertz CT molecular complexity index is 1230. The molecule has 1 unspecified atom stereocenters. The van der Waals surface area contributed by atoms with E-state index in [4.69, 9.17) is 13.7 Å². The van der Waals surface area contributed by atoms with Gasteiger partial charge in [0.15, 0.2) is 0 Å². The van der Waals surface area contributed by atoms with Crippen LogP contribution >= 0.6 is 0 Å². The minimum absolute atomic E-state index is 0.103. The second-order valence-corrected chi connectivity index (χ2v) is 10.5. The summed E-state index contributed by atoms with van der Waals surface area (Å²) in [4.78, 5) is 39.1. The van der Waals surface area contributed by atoms with Gasteiger partial charge in [-0.05, 0) is 45.4 Å². The van der Waals surface area contributed by atoms with Crippen LogP contribution in [0.4, 0.5) is 4.79 Å². The van der Waals surface area contributed by atoms with Gasteiger partial charge in [-0.3, -0.25) is 4.79 Å². The maximum atomic E-state index is 13.0. The summed E-state index contributed by atoms with van der Waals surface area (Å²) in [7, 11) is -4.28. The molecule has 1 aliphatic heterocycles. The topological polar surface area (TPSA) is 116 Å². The molecular weight excluding hydrogens is 474 g/mol. The molecule has 0 bridgehead atoms. The third-order valence-corrected chi connectivity index (χ3v) is 6.12. The third-order valence-electron chi connectivity index (χ3n) is 4.84. The van der Waals surface area contributed by atoms with Crippen molar-refractivity contribution in [1.29, 1.82) is 0 Å². The van der Waals surface area contributed by atoms with Crippen molar-refractivity contribution >= 4 is 28.1 Å². The highest BCUT2D eigenvalue weighted by atomic mass is 32.2. The number of rotatable bonds is 6. The quantitative estimate of drug-likeness (QED) is 0.433. The second kappa shape index (κ2) is 10.3. The summed E-state index contributed by atoms with van der Waals surface area (Å²) in [6, 6.07) is 13.3. The van der Waals surface area contributed by atoms with Crippen molar-refractivity contribution in [3.63, 3.8) is 0 Å². The third kappa shape index (κ3) is 6.92. The van der Waals surface area contributed by atoms with E-state index in [-0.39, 0.29) is 17.3 Å². The zero-order valence-corrected chi connectivity index (χ0v) is 20.7. The first-order valence-corrected chi connectivity index (χ1v) is 12.2. The number of nitrogens with zero attached hydrogens (tertiary/aromatic N) is 1. The van der Waals surface area contributed by atoms with Gasteiger partial charge in [-0.25, -0.2) is 14.5 Å². The number of hydrogen-bond acceptors (Lipinski definition) is 8. The molecule has 0 radical (unpaired) electrons. The molecule has 0 aromatic heterocycles. The SMILES string of the molecule is Cc1ccc(S(=O)(=O)OC2=CC(=O)N(C(=O)OC(C)(C)C)C(C(=O)OCc3ccccc3)C2)cc1. The van der Waals surface area contributed by atoms with Gasteiger partial charge in [0.25, 0.3) is 5.91 Å². The Kier molecular flexibility index (Phi) is 7.64. The molecule has 0 saturated heterocycles. The number of imide groups is 1. The summed E-state index contributed by atoms with van der Waals surface area (Å²) >= 11 is 0. The Labute approximate surface area is 204 Å². The second-order valence-electron chi connectivity index (χ2n) is 8.96. The van der Waals surface area contributed by atoms with Crippen LogP contribution in [0.15, 0.2) is 71.3 Å². The van der Waals surface area contributed by atoms with Gasteiger partial charge in [-0.2, -0.15) is 8.42 Å². The average molecular weight is 502 g/mol. The van der Waals surface area contributed by atoms with Crippen LogP contribution in [0.2, 0.25) is 0 Å². The van der Waals surface area contributed by atoms with Crippen LogP contribution in [0.1, 0.15) is 38.3 Å². The molecule has 0 fully saturated rings. The van der Waals surface area contributed by atoms with Gasteiger partial charge in [0.05, 0.1) is 0 Å². The molecule has 0 spiro atoms. The molecule has 2 aromatic carbocycles. The molecule has 186 valence electrons. The van der Waals surface area contributed by atoms with E-state index in [1.54, 1.807) is 70.2 Å². The Morgan fingerprint density at radius 2 is 1.66 bits per heavy atom. The lowest BCUT2D eigenvalue weighted by Gasteiger charge is -2.33. The molecular formula is C25H27NO8S. The molecule has 35 heavy (non-hydrogen) atoms. The van der Waals surface area contributed by atoms with Gasteiger partial charge in [0, 0.05) is 12.5 Å². The van der Waals surface area contributed by atoms with Gasteiger partial charge in [0.2, 0.25) is 0 Å². The summed E-state index contributed by atoms with van der Waals surface area (Å²) in [5, 5.41) is 0. The van der Waals surface area contributed by atoms with Crippen molar-refractivity contribution in [3.05, 3.63) is 77.6 Å². The first kappa shape index (κ1) is 26.0. The van der Waals surface area contributed by atoms with E-state index in [2.05, 4.69) is 0 Å². The van der Waals surface area contributed by atoms with Crippen LogP contribution in [0.25, 0.3) is 0 Å². The lowest BCUT2D eigenvalue weighted by atomic mass is 10.1. The van der Waals surface area contributed by atoms with Crippen LogP contribution in [0, 0.1) is 6.92 Å². The number of benzene rings is 2. The van der Waals surface area contributed by atoms with Gasteiger partial charge < -0.3 is 13.7 Å². The zero-order chi connectivity index (χ0) is 25.8. The first-order valence-electron chi connectivity index (χ1n) is 10.8. The summed E-state index contributed by atoms with van der Waals surface area (Å²) in [6.45, 7) is 6.53. The predicted octanol–water partition coefficient (Wildman–Crippen LogP) is 3.86. The van der Waals surface area contributed by atoms with Crippen LogP contribution in [0.5, 0.6) is 0 Å². The first-order chi connectivity index (χ1) is 16.4. The monoisotopic (exact) mass is 501 g/mol. The number of ether oxygens (including phenoxy) is 2. The Balaban J connectivity index is 1.86. The Morgan fingerprint density at radius 3 is 2.26 bits per heavy atom. The maximum absolute atomic E-state index is 13.0. The average Bonchev–Trinajstić information content (AvgIpc) is 2.76. The molecule has 1 aliphatic rings. The zero-order valence-electron chi connectivity index (χ0n) is 19.9. The van der Waals surface area contributed by atoms with E-state index in [9.17, 15) is 22.8 Å². The Hall–Kier alpha value is -3.66. The molecule has 0 N–H and O–H groups in total. The van der Waals surface area contributed by atoms with Crippen LogP contribution in [0.3, 0.4) is 0 Å². The molecule has 3 rings (SSSR count). The molecule has 1 heterocycles. The van der Waals surface area contributed by atoms with Crippen molar-refractivity contribution in [1.82, 2.24) is 4.90 Å². The highest BCUT2D eigenvalue weighted by molar-refractivity contribution is 7.86. The maximum Gasteiger partial charge on any atom is 0.418 e. The van der Waals surface area contributed by atoms with Gasteiger partial charge in [-0.15, -0.1) is 0 Å². The smallest absolute Gasteiger partial charge is 0.418 e. The standard InChI is InChI=1S/C25H27NO8S/c1-17-10-12-20(13-11-17)35(30,31)34-19-14-21(23(28)32-16-18-8-6-5-7-9-18)26(22(27)15-19)24(29)33-25(2,3)4/h5-13,15,21H,14,16H2,1-4H3. The summed E-state index contributed by atoms with van der Waals surface area (Å²) < 4.78 is 41.2. The van der Waals surface area contributed by atoms with Crippen molar-refractivity contribution < 1.29 is 36.5 Å². The molecule has 10 heteroatoms. The Morgan fingerprint density at radius 1 is 1.03 bits per heavy atom. The predicted molar refractivity (Wildman–Crippen MR) is 125 cm³/mol. The molecule has 1 atom stereocenters. The van der Waals surface area contributed by atoms with Crippen LogP contribution in [-0.2, 0) is 40.0 Å². The lowest BCUT2D eigenvalue weighted by molar-refractivity contribution is -0.155. The molecule has 0 saturated carbocycles. The summed E-state index contributed by atoms with van der Waals surface area (Å²) in [5.41, 5.74) is 0.608. The van der Waals surface area contributed by atoms with E-state index in [0.29, 0.717) is 10.5 Å². The number of esters is 1. The van der Waals surface area contributed by atoms with E-state index < -0.39 is 46.2 Å². The van der Waals surface area contributed by atoms with Crippen molar-refractivity contribution in [2.24, 2.45) is 0 Å². The van der Waals surface area contributed by atoms with Gasteiger partial charge in [-0.1, -0.05) is 48.0 Å². The van der Waals surface area contributed by atoms with E-state index in [1.807, 2.05) is 0 Å². The van der Waals surface area contributed by atoms with Crippen LogP contribution < -0.4 is 0 Å². The van der Waals surface area contributed by atoms with Crippen molar-refractivity contribution in [2.45, 2.75) is 57.3 Å². The molecule has 2 amide bonds. The van der Waals surface area contributed by atoms with E-state index in [0.717, 1.165) is 11.6 Å². The van der Waals surface area contributed by atoms with Crippen LogP contribution in [-0.4, -0.2) is 42.9 Å². The summed E-state index contributed by atoms with van der Waals surface area (Å²) in [5.74, 6) is -2.16. The van der Waals surface area contributed by atoms with Gasteiger partial charge in [0.1, 0.15) is 28.9 Å². The number of hydrogen-bond donors (Lipinski definition) is 0. The largest absolute Gasteiger partial charge is 0.459 e. The number of amides is 2. The minimum atomic E-state index is -4.28. The van der Waals surface area contributed by atoms with E-state index in [1.165, 1.54) is 12.1 Å². The number of carbonyl (C=O) groups is 3. The number of aryl methyl sites for hydroxylation is 1.